The number of nitrogen functional groups attached to an aromatic ring is 1. The quantitative estimate of drug-likeness (QED) is 0.204. The van der Waals surface area contributed by atoms with Crippen LogP contribution in [0.4, 0.5) is 37.8 Å². The molecule has 1 amide bonds. The van der Waals surface area contributed by atoms with Gasteiger partial charge in [-0.1, -0.05) is 5.92 Å². The lowest BCUT2D eigenvalue weighted by molar-refractivity contribution is -0.140. The van der Waals surface area contributed by atoms with Crippen molar-refractivity contribution in [2.45, 2.75) is 76.5 Å². The summed E-state index contributed by atoms with van der Waals surface area (Å²) < 4.78 is 103. The Kier molecular flexibility index (Phi) is 9.56. The van der Waals surface area contributed by atoms with Crippen LogP contribution >= 0.6 is 0 Å². The molecule has 4 aliphatic rings. The lowest BCUT2D eigenvalue weighted by Gasteiger charge is -2.33. The molecule has 0 spiro atoms. The first kappa shape index (κ1) is 36.5. The highest BCUT2D eigenvalue weighted by Crippen LogP contribution is 2.45. The van der Waals surface area contributed by atoms with E-state index in [0.717, 1.165) is 25.5 Å². The Balaban J connectivity index is 1.30. The smallest absolute Gasteiger partial charge is 0.418 e. The molecule has 3 aromatic rings. The third-order valence-corrected chi connectivity index (χ3v) is 10.4. The van der Waals surface area contributed by atoms with Crippen LogP contribution in [0.5, 0.6) is 6.01 Å². The molecule has 2 N–H and O–H groups in total. The largest absolute Gasteiger partial charge is 0.461 e. The molecule has 0 saturated carbocycles. The Bertz CT molecular complexity index is 2050. The molecule has 0 aliphatic carbocycles. The number of anilines is 2. The third kappa shape index (κ3) is 6.56. The van der Waals surface area contributed by atoms with Crippen LogP contribution < -0.4 is 15.4 Å². The Morgan fingerprint density at radius 3 is 2.68 bits per heavy atom. The predicted octanol–water partition coefficient (Wildman–Crippen LogP) is 5.32. The van der Waals surface area contributed by atoms with Gasteiger partial charge in [0, 0.05) is 56.8 Å². The summed E-state index contributed by atoms with van der Waals surface area (Å²) in [6.45, 7) is 2.99. The summed E-state index contributed by atoms with van der Waals surface area (Å²) in [5.41, 5.74) is 3.45. The van der Waals surface area contributed by atoms with E-state index in [1.54, 1.807) is 4.90 Å². The number of nitrogens with two attached hydrogens (primary N) is 1. The summed E-state index contributed by atoms with van der Waals surface area (Å²) in [5, 5.41) is 4.25. The van der Waals surface area contributed by atoms with E-state index in [1.165, 1.54) is 30.6 Å². The number of alkyl halides is 3. The zero-order valence-electron chi connectivity index (χ0n) is 29.4. The second-order valence-corrected chi connectivity index (χ2v) is 14.0. The molecule has 282 valence electrons. The number of carbonyl (C=O) groups is 1. The van der Waals surface area contributed by atoms with Crippen molar-refractivity contribution < 1.29 is 40.6 Å². The molecule has 6 heterocycles. The summed E-state index contributed by atoms with van der Waals surface area (Å²) in [6.07, 6.45) is -3.57. The van der Waals surface area contributed by atoms with Crippen molar-refractivity contribution in [2.75, 3.05) is 51.0 Å². The second kappa shape index (κ2) is 13.9. The summed E-state index contributed by atoms with van der Waals surface area (Å²) in [7, 11) is 2.99. The van der Waals surface area contributed by atoms with Crippen LogP contribution in [0.1, 0.15) is 82.8 Å². The molecular formula is C36H38F6N8O3. The Morgan fingerprint density at radius 2 is 1.96 bits per heavy atom. The molecule has 0 radical (unpaired) electrons. The number of fused-ring (bicyclic) bond motifs is 3. The van der Waals surface area contributed by atoms with Crippen molar-refractivity contribution in [1.82, 2.24) is 29.5 Å². The summed E-state index contributed by atoms with van der Waals surface area (Å²) >= 11 is 0. The highest BCUT2D eigenvalue weighted by atomic mass is 19.4. The van der Waals surface area contributed by atoms with E-state index in [-0.39, 0.29) is 55.1 Å². The van der Waals surface area contributed by atoms with Gasteiger partial charge in [0.25, 0.3) is 5.91 Å². The first-order valence-electron chi connectivity index (χ1n) is 17.3. The first-order valence-corrected chi connectivity index (χ1v) is 17.3. The first-order chi connectivity index (χ1) is 25.2. The van der Waals surface area contributed by atoms with Gasteiger partial charge < -0.3 is 25.0 Å². The van der Waals surface area contributed by atoms with Crippen LogP contribution in [0.2, 0.25) is 0 Å². The fraction of sp³-hybridized carbons (Fsp3) is 0.500. The molecule has 2 atom stereocenters. The van der Waals surface area contributed by atoms with Gasteiger partial charge >= 0.3 is 12.2 Å². The number of carbonyl (C=O) groups excluding carboxylic acids is 1. The van der Waals surface area contributed by atoms with Gasteiger partial charge in [-0.15, -0.1) is 5.92 Å². The number of hydrogen-bond acceptors (Lipinski definition) is 9. The maximum Gasteiger partial charge on any atom is 0.418 e. The van der Waals surface area contributed by atoms with E-state index < -0.39 is 57.7 Å². The van der Waals surface area contributed by atoms with Gasteiger partial charge in [0.15, 0.2) is 17.3 Å². The van der Waals surface area contributed by atoms with E-state index in [1.807, 2.05) is 0 Å². The minimum atomic E-state index is -5.00. The van der Waals surface area contributed by atoms with Crippen LogP contribution in [0.3, 0.4) is 0 Å². The zero-order chi connectivity index (χ0) is 37.8. The van der Waals surface area contributed by atoms with Gasteiger partial charge in [-0.3, -0.25) is 14.4 Å². The molecule has 2 fully saturated rings. The maximum absolute atomic E-state index is 15.8. The lowest BCUT2D eigenvalue weighted by atomic mass is 9.91. The monoisotopic (exact) mass is 744 g/mol. The second-order valence-electron chi connectivity index (χ2n) is 14.0. The predicted molar refractivity (Wildman–Crippen MR) is 180 cm³/mol. The maximum atomic E-state index is 15.8. The highest BCUT2D eigenvalue weighted by molar-refractivity contribution is 5.92. The average Bonchev–Trinajstić information content (AvgIpc) is 3.71. The van der Waals surface area contributed by atoms with Crippen LogP contribution in [0.15, 0.2) is 18.0 Å². The van der Waals surface area contributed by atoms with Crippen LogP contribution in [0.25, 0.3) is 0 Å². The van der Waals surface area contributed by atoms with Gasteiger partial charge in [0.1, 0.15) is 12.4 Å². The average molecular weight is 745 g/mol. The highest BCUT2D eigenvalue weighted by Gasteiger charge is 2.48. The zero-order valence-corrected chi connectivity index (χ0v) is 29.4. The molecule has 7 rings (SSSR count). The van der Waals surface area contributed by atoms with Crippen molar-refractivity contribution in [3.8, 4) is 17.9 Å². The number of aryl methyl sites for hydroxylation is 1. The fourth-order valence-corrected chi connectivity index (χ4v) is 7.95. The number of halogens is 6. The number of rotatable bonds is 6. The molecule has 11 nitrogen and oxygen atoms in total. The van der Waals surface area contributed by atoms with E-state index in [4.69, 9.17) is 20.2 Å². The Hall–Kier alpha value is -4.82. The Labute approximate surface area is 301 Å². The molecule has 2 saturated heterocycles. The SMILES string of the molecule is CC#Cc1cc(N)c(F)c(C2Cc3nc(OCC45CCCN4C/C(=C/F)C5)nc(N4CCCn5nc(C(=O)N(C)C)c(F)c5C4)c3CO2)c1C(F)(F)F. The van der Waals surface area contributed by atoms with Crippen LogP contribution in [0, 0.1) is 23.5 Å². The number of nitrogens with zero attached hydrogens (tertiary/aromatic N) is 7. The van der Waals surface area contributed by atoms with E-state index in [2.05, 4.69) is 26.8 Å². The number of hydrogen-bond donors (Lipinski definition) is 1. The van der Waals surface area contributed by atoms with Crippen molar-refractivity contribution >= 4 is 17.4 Å². The van der Waals surface area contributed by atoms with Gasteiger partial charge in [-0.2, -0.15) is 28.2 Å². The van der Waals surface area contributed by atoms with Crippen molar-refractivity contribution in [3.63, 3.8) is 0 Å². The van der Waals surface area contributed by atoms with Crippen molar-refractivity contribution in [2.24, 2.45) is 0 Å². The molecule has 53 heavy (non-hydrogen) atoms. The summed E-state index contributed by atoms with van der Waals surface area (Å²) in [6, 6.07) is 0.766. The molecule has 4 aliphatic heterocycles. The number of amides is 1. The Morgan fingerprint density at radius 1 is 1.17 bits per heavy atom. The van der Waals surface area contributed by atoms with Crippen molar-refractivity contribution in [3.05, 3.63) is 68.9 Å². The van der Waals surface area contributed by atoms with E-state index in [0.29, 0.717) is 49.9 Å². The topological polar surface area (TPSA) is 115 Å². The van der Waals surface area contributed by atoms with E-state index >= 15 is 8.78 Å². The van der Waals surface area contributed by atoms with Gasteiger partial charge in [-0.05, 0) is 50.8 Å². The molecule has 1 aromatic carbocycles. The number of benzene rings is 1. The molecule has 2 unspecified atom stereocenters. The van der Waals surface area contributed by atoms with Crippen LogP contribution in [-0.2, 0) is 37.0 Å². The van der Waals surface area contributed by atoms with Crippen molar-refractivity contribution in [1.29, 1.82) is 0 Å². The molecule has 0 bridgehead atoms. The molecule has 17 heteroatoms. The van der Waals surface area contributed by atoms with Crippen LogP contribution in [-0.4, -0.2) is 81.3 Å². The lowest BCUT2D eigenvalue weighted by Crippen LogP contribution is -2.43. The fourth-order valence-electron chi connectivity index (χ4n) is 7.95. The summed E-state index contributed by atoms with van der Waals surface area (Å²) in [4.78, 5) is 27.2. The number of aromatic nitrogens is 4. The van der Waals surface area contributed by atoms with Gasteiger partial charge in [0.2, 0.25) is 0 Å². The number of ether oxygens (including phenoxy) is 2. The standard InChI is InChI=1S/C36H38F6N8O3/c1-4-7-21-12-23(43)29(38)27(28(21)36(40,41)42)26-13-24-22(18-52-26)32(45-34(44-24)53-19-35-8-5-10-49(35)16-20(14-35)15-37)48-9-6-11-50-25(17-48)30(39)31(46-50)33(51)47(2)3/h12,15,26H,5-6,8-11,13-14,16-19,43H2,1-3H3/b20-15+. The third-order valence-electron chi connectivity index (χ3n) is 10.4. The minimum absolute atomic E-state index is 0.0602. The molecular weight excluding hydrogens is 706 g/mol. The van der Waals surface area contributed by atoms with Gasteiger partial charge in [0.05, 0.1) is 53.8 Å². The minimum Gasteiger partial charge on any atom is -0.461 e. The van der Waals surface area contributed by atoms with Gasteiger partial charge in [-0.25, -0.2) is 13.2 Å². The normalized spacial score (nSPS) is 22.2. The molecule has 2 aromatic heterocycles. The summed E-state index contributed by atoms with van der Waals surface area (Å²) in [5.74, 6) is 2.48. The van der Waals surface area contributed by atoms with E-state index in [9.17, 15) is 22.4 Å².